The highest BCUT2D eigenvalue weighted by Gasteiger charge is 2.14. The standard InChI is InChI=1S/C17H19N3S/c1-9(2)14-7-13(15-8-21-17(18)20-15)12-6-5-10(3)11(4)16(12)19-14/h5-9H,1-4H3,(H2,18,20). The van der Waals surface area contributed by atoms with Crippen molar-refractivity contribution >= 4 is 27.4 Å². The Labute approximate surface area is 128 Å². The summed E-state index contributed by atoms with van der Waals surface area (Å²) in [5, 5.41) is 3.77. The molecule has 21 heavy (non-hydrogen) atoms. The van der Waals surface area contributed by atoms with Crippen molar-refractivity contribution in [2.45, 2.75) is 33.6 Å². The van der Waals surface area contributed by atoms with E-state index in [1.165, 1.54) is 22.5 Å². The zero-order chi connectivity index (χ0) is 15.1. The van der Waals surface area contributed by atoms with Gasteiger partial charge in [0.1, 0.15) is 0 Å². The summed E-state index contributed by atoms with van der Waals surface area (Å²) in [5.74, 6) is 0.379. The second-order valence-electron chi connectivity index (χ2n) is 5.72. The minimum atomic E-state index is 0.379. The van der Waals surface area contributed by atoms with Crippen molar-refractivity contribution in [2.75, 3.05) is 5.73 Å². The monoisotopic (exact) mass is 297 g/mol. The molecule has 0 fully saturated rings. The number of thiazole rings is 1. The predicted octanol–water partition coefficient (Wildman–Crippen LogP) is 4.68. The third kappa shape index (κ3) is 2.40. The number of hydrogen-bond acceptors (Lipinski definition) is 4. The van der Waals surface area contributed by atoms with E-state index in [0.29, 0.717) is 11.0 Å². The molecule has 0 saturated heterocycles. The van der Waals surface area contributed by atoms with Gasteiger partial charge in [-0.05, 0) is 37.0 Å². The molecule has 0 aliphatic heterocycles. The van der Waals surface area contributed by atoms with Crippen molar-refractivity contribution in [1.82, 2.24) is 9.97 Å². The number of nitrogens with two attached hydrogens (primary N) is 1. The highest BCUT2D eigenvalue weighted by atomic mass is 32.1. The number of anilines is 1. The van der Waals surface area contributed by atoms with Gasteiger partial charge in [0, 0.05) is 22.0 Å². The lowest BCUT2D eigenvalue weighted by atomic mass is 9.97. The summed E-state index contributed by atoms with van der Waals surface area (Å²) >= 11 is 1.48. The van der Waals surface area contributed by atoms with Crippen molar-refractivity contribution in [3.05, 3.63) is 40.4 Å². The highest BCUT2D eigenvalue weighted by Crippen LogP contribution is 2.33. The summed E-state index contributed by atoms with van der Waals surface area (Å²) in [4.78, 5) is 9.32. The molecule has 0 saturated carbocycles. The average molecular weight is 297 g/mol. The van der Waals surface area contributed by atoms with Gasteiger partial charge < -0.3 is 5.73 Å². The van der Waals surface area contributed by atoms with E-state index in [9.17, 15) is 0 Å². The van der Waals surface area contributed by atoms with E-state index >= 15 is 0 Å². The van der Waals surface area contributed by atoms with E-state index in [1.54, 1.807) is 0 Å². The molecule has 4 heteroatoms. The van der Waals surface area contributed by atoms with Gasteiger partial charge in [-0.1, -0.05) is 26.0 Å². The van der Waals surface area contributed by atoms with Crippen molar-refractivity contribution < 1.29 is 0 Å². The summed E-state index contributed by atoms with van der Waals surface area (Å²) in [5.41, 5.74) is 12.5. The molecule has 2 aromatic heterocycles. The fraction of sp³-hybridized carbons (Fsp3) is 0.294. The van der Waals surface area contributed by atoms with Crippen LogP contribution in [0.4, 0.5) is 5.13 Å². The van der Waals surface area contributed by atoms with Gasteiger partial charge in [-0.3, -0.25) is 4.98 Å². The molecule has 2 heterocycles. The first kappa shape index (κ1) is 14.0. The fourth-order valence-electron chi connectivity index (χ4n) is 2.47. The van der Waals surface area contributed by atoms with E-state index in [1.807, 2.05) is 5.38 Å². The van der Waals surface area contributed by atoms with Gasteiger partial charge in [-0.25, -0.2) is 4.98 Å². The number of nitrogens with zero attached hydrogens (tertiary/aromatic N) is 2. The van der Waals surface area contributed by atoms with E-state index in [4.69, 9.17) is 10.7 Å². The summed E-state index contributed by atoms with van der Waals surface area (Å²) in [6, 6.07) is 6.43. The molecule has 3 aromatic rings. The first-order chi connectivity index (χ1) is 9.97. The third-order valence-electron chi connectivity index (χ3n) is 3.91. The minimum absolute atomic E-state index is 0.379. The summed E-state index contributed by atoms with van der Waals surface area (Å²) in [7, 11) is 0. The van der Waals surface area contributed by atoms with Gasteiger partial charge in [0.05, 0.1) is 11.2 Å². The Balaban J connectivity index is 2.39. The van der Waals surface area contributed by atoms with Crippen molar-refractivity contribution in [2.24, 2.45) is 0 Å². The SMILES string of the molecule is Cc1ccc2c(-c3csc(N)n3)cc(C(C)C)nc2c1C. The van der Waals surface area contributed by atoms with Crippen molar-refractivity contribution in [3.63, 3.8) is 0 Å². The smallest absolute Gasteiger partial charge is 0.180 e. The van der Waals surface area contributed by atoms with E-state index in [-0.39, 0.29) is 0 Å². The zero-order valence-corrected chi connectivity index (χ0v) is 13.6. The number of nitrogen functional groups attached to an aromatic ring is 1. The lowest BCUT2D eigenvalue weighted by Gasteiger charge is -2.13. The Morgan fingerprint density at radius 1 is 1.14 bits per heavy atom. The molecule has 0 bridgehead atoms. The molecule has 0 spiro atoms. The number of rotatable bonds is 2. The average Bonchev–Trinajstić information content (AvgIpc) is 2.88. The largest absolute Gasteiger partial charge is 0.375 e. The molecule has 0 amide bonds. The van der Waals surface area contributed by atoms with Gasteiger partial charge in [-0.2, -0.15) is 0 Å². The Hall–Kier alpha value is -1.94. The second kappa shape index (κ2) is 5.11. The lowest BCUT2D eigenvalue weighted by molar-refractivity contribution is 0.830. The van der Waals surface area contributed by atoms with Crippen LogP contribution in [-0.2, 0) is 0 Å². The van der Waals surface area contributed by atoms with Crippen LogP contribution in [0.5, 0.6) is 0 Å². The molecule has 2 N–H and O–H groups in total. The molecule has 3 rings (SSSR count). The van der Waals surface area contributed by atoms with Crippen LogP contribution < -0.4 is 5.73 Å². The summed E-state index contributed by atoms with van der Waals surface area (Å²) in [6.07, 6.45) is 0. The maximum atomic E-state index is 5.80. The number of benzene rings is 1. The summed E-state index contributed by atoms with van der Waals surface area (Å²) in [6.45, 7) is 8.59. The molecule has 0 aliphatic rings. The van der Waals surface area contributed by atoms with Gasteiger partial charge in [0.2, 0.25) is 0 Å². The van der Waals surface area contributed by atoms with Crippen LogP contribution in [0.1, 0.15) is 36.6 Å². The maximum absolute atomic E-state index is 5.80. The molecular weight excluding hydrogens is 278 g/mol. The van der Waals surface area contributed by atoms with E-state index < -0.39 is 0 Å². The molecule has 0 atom stereocenters. The lowest BCUT2D eigenvalue weighted by Crippen LogP contribution is -1.98. The van der Waals surface area contributed by atoms with Gasteiger partial charge >= 0.3 is 0 Å². The Kier molecular flexibility index (Phi) is 3.41. The molecular formula is C17H19N3S. The number of hydrogen-bond donors (Lipinski definition) is 1. The van der Waals surface area contributed by atoms with Crippen LogP contribution in [0.25, 0.3) is 22.2 Å². The Morgan fingerprint density at radius 3 is 2.52 bits per heavy atom. The van der Waals surface area contributed by atoms with Gasteiger partial charge in [0.15, 0.2) is 5.13 Å². The highest BCUT2D eigenvalue weighted by molar-refractivity contribution is 7.13. The van der Waals surface area contributed by atoms with E-state index in [0.717, 1.165) is 27.9 Å². The molecule has 0 radical (unpaired) electrons. The number of aryl methyl sites for hydroxylation is 2. The van der Waals surface area contributed by atoms with Gasteiger partial charge in [-0.15, -0.1) is 11.3 Å². The van der Waals surface area contributed by atoms with Crippen LogP contribution in [0, 0.1) is 13.8 Å². The Bertz CT molecular complexity index is 818. The topological polar surface area (TPSA) is 51.8 Å². The zero-order valence-electron chi connectivity index (χ0n) is 12.8. The molecule has 0 aliphatic carbocycles. The Morgan fingerprint density at radius 2 is 1.90 bits per heavy atom. The maximum Gasteiger partial charge on any atom is 0.180 e. The molecule has 1 aromatic carbocycles. The van der Waals surface area contributed by atoms with Crippen molar-refractivity contribution in [1.29, 1.82) is 0 Å². The molecule has 3 nitrogen and oxygen atoms in total. The van der Waals surface area contributed by atoms with Crippen LogP contribution in [0.15, 0.2) is 23.6 Å². The van der Waals surface area contributed by atoms with Crippen LogP contribution in [0.2, 0.25) is 0 Å². The van der Waals surface area contributed by atoms with Crippen LogP contribution in [0.3, 0.4) is 0 Å². The van der Waals surface area contributed by atoms with Crippen molar-refractivity contribution in [3.8, 4) is 11.3 Å². The quantitative estimate of drug-likeness (QED) is 0.747. The van der Waals surface area contributed by atoms with Crippen LogP contribution >= 0.6 is 11.3 Å². The van der Waals surface area contributed by atoms with Gasteiger partial charge in [0.25, 0.3) is 0 Å². The van der Waals surface area contributed by atoms with E-state index in [2.05, 4.69) is 50.9 Å². The third-order valence-corrected chi connectivity index (χ3v) is 4.59. The second-order valence-corrected chi connectivity index (χ2v) is 6.61. The molecule has 108 valence electrons. The summed E-state index contributed by atoms with van der Waals surface area (Å²) < 4.78 is 0. The number of pyridine rings is 1. The fourth-order valence-corrected chi connectivity index (χ4v) is 3.03. The number of aromatic nitrogens is 2. The molecule has 0 unspecified atom stereocenters. The first-order valence-corrected chi connectivity index (χ1v) is 7.97. The predicted molar refractivity (Wildman–Crippen MR) is 90.8 cm³/mol. The normalized spacial score (nSPS) is 11.5. The number of fused-ring (bicyclic) bond motifs is 1. The first-order valence-electron chi connectivity index (χ1n) is 7.09. The van der Waals surface area contributed by atoms with Crippen LogP contribution in [-0.4, -0.2) is 9.97 Å². The minimum Gasteiger partial charge on any atom is -0.375 e.